The van der Waals surface area contributed by atoms with Crippen molar-refractivity contribution in [3.63, 3.8) is 0 Å². The molecule has 0 N–H and O–H groups in total. The molecule has 0 aliphatic carbocycles. The molecule has 0 aromatic rings. The first-order valence-electron chi connectivity index (χ1n) is 2.95. The zero-order valence-corrected chi connectivity index (χ0v) is 7.24. The van der Waals surface area contributed by atoms with E-state index in [9.17, 15) is 14.0 Å². The van der Waals surface area contributed by atoms with Crippen molar-refractivity contribution in [2.24, 2.45) is 0 Å². The first-order valence-corrected chi connectivity index (χ1v) is 3.77. The predicted octanol–water partition coefficient (Wildman–Crippen LogP) is 0.677. The van der Waals surface area contributed by atoms with Crippen LogP contribution in [0, 0.1) is 0 Å². The molecule has 11 heavy (non-hydrogen) atoms. The third kappa shape index (κ3) is 2.76. The summed E-state index contributed by atoms with van der Waals surface area (Å²) in [5.41, 5.74) is 0. The molecule has 0 rings (SSSR count). The van der Waals surface area contributed by atoms with Crippen LogP contribution >= 0.6 is 9.24 Å². The average Bonchev–Trinajstić information content (AvgIpc) is 2.05. The Labute approximate surface area is 66.5 Å². The maximum absolute atomic E-state index is 12.5. The molecule has 0 spiro atoms. The summed E-state index contributed by atoms with van der Waals surface area (Å²) in [6.07, 6.45) is 1.40. The summed E-state index contributed by atoms with van der Waals surface area (Å²) >= 11 is 0. The normalized spacial score (nSPS) is 11.0. The highest BCUT2D eigenvalue weighted by molar-refractivity contribution is 7.16. The second-order valence-electron chi connectivity index (χ2n) is 1.70. The van der Waals surface area contributed by atoms with Crippen LogP contribution in [0.1, 0.15) is 6.92 Å². The highest BCUT2D eigenvalue weighted by Gasteiger charge is 2.14. The molecule has 0 bridgehead atoms. The van der Waals surface area contributed by atoms with Gasteiger partial charge in [-0.05, 0) is 13.0 Å². The highest BCUT2D eigenvalue weighted by Crippen LogP contribution is 2.02. The number of imide groups is 1. The van der Waals surface area contributed by atoms with Crippen LogP contribution in [0.2, 0.25) is 0 Å². The van der Waals surface area contributed by atoms with Gasteiger partial charge in [-0.3, -0.25) is 14.5 Å². The number of hydrogen-bond donors (Lipinski definition) is 0. The minimum absolute atomic E-state index is 0.101. The number of hydrogen-bond acceptors (Lipinski definition) is 2. The van der Waals surface area contributed by atoms with Crippen molar-refractivity contribution in [1.82, 2.24) is 4.90 Å². The first kappa shape index (κ1) is 10.2. The fourth-order valence-electron chi connectivity index (χ4n) is 0.434. The quantitative estimate of drug-likeness (QED) is 0.361. The van der Waals surface area contributed by atoms with Gasteiger partial charge in [0.15, 0.2) is 5.83 Å². The summed E-state index contributed by atoms with van der Waals surface area (Å²) in [5.74, 6) is -1.82. The van der Waals surface area contributed by atoms with Crippen LogP contribution in [-0.2, 0) is 9.59 Å². The molecular formula is C6H9FNO2P. The molecule has 0 aromatic carbocycles. The van der Waals surface area contributed by atoms with Crippen molar-refractivity contribution in [1.29, 1.82) is 0 Å². The molecule has 1 unspecified atom stereocenters. The fraction of sp³-hybridized carbons (Fsp3) is 0.333. The number of nitrogens with zero attached hydrogens (tertiary/aromatic N) is 1. The maximum Gasteiger partial charge on any atom is 0.288 e. The van der Waals surface area contributed by atoms with Gasteiger partial charge in [-0.15, -0.1) is 9.24 Å². The van der Waals surface area contributed by atoms with Gasteiger partial charge >= 0.3 is 0 Å². The molecule has 1 atom stereocenters. The second-order valence-corrected chi connectivity index (χ2v) is 2.06. The fourth-order valence-corrected chi connectivity index (χ4v) is 0.686. The van der Waals surface area contributed by atoms with E-state index in [-0.39, 0.29) is 6.29 Å². The molecule has 0 radical (unpaired) electrons. The third-order valence-electron chi connectivity index (χ3n) is 1.04. The van der Waals surface area contributed by atoms with Crippen molar-refractivity contribution in [2.45, 2.75) is 6.92 Å². The summed E-state index contributed by atoms with van der Waals surface area (Å²) in [5, 5.41) is 0. The molecule has 3 nitrogen and oxygen atoms in total. The molecule has 0 fully saturated rings. The Kier molecular flexibility index (Phi) is 4.62. The smallest absolute Gasteiger partial charge is 0.278 e. The summed E-state index contributed by atoms with van der Waals surface area (Å²) in [6, 6.07) is 0. The molecule has 0 heterocycles. The van der Waals surface area contributed by atoms with Gasteiger partial charge in [0.05, 0.1) is 0 Å². The molecule has 2 amide bonds. The van der Waals surface area contributed by atoms with E-state index in [1.54, 1.807) is 0 Å². The number of carbonyl (C=O) groups is 2. The lowest BCUT2D eigenvalue weighted by Gasteiger charge is -2.09. The molecular weight excluding hydrogens is 168 g/mol. The number of allylic oxidation sites excluding steroid dienone is 1. The lowest BCUT2D eigenvalue weighted by atomic mass is 10.4. The van der Waals surface area contributed by atoms with Crippen LogP contribution in [0.5, 0.6) is 0 Å². The SMILES string of the molecule is C/C=C(/F)C(=O)N(C=O)CP. The van der Waals surface area contributed by atoms with Crippen molar-refractivity contribution < 1.29 is 14.0 Å². The van der Waals surface area contributed by atoms with E-state index in [1.165, 1.54) is 6.92 Å². The van der Waals surface area contributed by atoms with Gasteiger partial charge < -0.3 is 0 Å². The minimum atomic E-state index is -0.917. The molecule has 0 aliphatic rings. The van der Waals surface area contributed by atoms with Crippen molar-refractivity contribution in [3.8, 4) is 0 Å². The Morgan fingerprint density at radius 3 is 2.55 bits per heavy atom. The standard InChI is InChI=1S/C6H9FNO2P/c1-2-5(7)6(10)8(3-9)4-11/h2-3H,4,11H2,1H3/b5-2+. The van der Waals surface area contributed by atoms with Crippen molar-refractivity contribution >= 4 is 21.6 Å². The van der Waals surface area contributed by atoms with E-state index in [1.807, 2.05) is 0 Å². The summed E-state index contributed by atoms with van der Waals surface area (Å²) in [6.45, 7) is 1.39. The highest BCUT2D eigenvalue weighted by atomic mass is 31.0. The van der Waals surface area contributed by atoms with Gasteiger partial charge in [-0.2, -0.15) is 0 Å². The average molecular weight is 177 g/mol. The zero-order valence-electron chi connectivity index (χ0n) is 6.08. The molecule has 0 saturated heterocycles. The number of rotatable bonds is 3. The number of amides is 2. The van der Waals surface area contributed by atoms with E-state index in [0.717, 1.165) is 11.0 Å². The monoisotopic (exact) mass is 177 g/mol. The van der Waals surface area contributed by atoms with Crippen LogP contribution < -0.4 is 0 Å². The first-order chi connectivity index (χ1) is 5.17. The summed E-state index contributed by atoms with van der Waals surface area (Å²) in [4.78, 5) is 21.6. The summed E-state index contributed by atoms with van der Waals surface area (Å²) < 4.78 is 12.5. The Bertz CT molecular complexity index is 193. The lowest BCUT2D eigenvalue weighted by molar-refractivity contribution is -0.135. The van der Waals surface area contributed by atoms with E-state index < -0.39 is 11.7 Å². The van der Waals surface area contributed by atoms with Gasteiger partial charge in [0.25, 0.3) is 5.91 Å². The van der Waals surface area contributed by atoms with Crippen LogP contribution in [0.25, 0.3) is 0 Å². The molecule has 0 aliphatic heterocycles. The van der Waals surface area contributed by atoms with E-state index in [2.05, 4.69) is 9.24 Å². The van der Waals surface area contributed by atoms with Crippen molar-refractivity contribution in [3.05, 3.63) is 11.9 Å². The van der Waals surface area contributed by atoms with E-state index in [4.69, 9.17) is 0 Å². The van der Waals surface area contributed by atoms with Gasteiger partial charge in [0.1, 0.15) is 0 Å². The van der Waals surface area contributed by atoms with Gasteiger partial charge in [-0.1, -0.05) is 0 Å². The van der Waals surface area contributed by atoms with E-state index in [0.29, 0.717) is 6.41 Å². The maximum atomic E-state index is 12.5. The predicted molar refractivity (Wildman–Crippen MR) is 42.4 cm³/mol. The van der Waals surface area contributed by atoms with Gasteiger partial charge in [0, 0.05) is 6.29 Å². The lowest BCUT2D eigenvalue weighted by Crippen LogP contribution is -2.28. The van der Waals surface area contributed by atoms with Gasteiger partial charge in [-0.25, -0.2) is 4.39 Å². The Balaban J connectivity index is 4.33. The number of carbonyl (C=O) groups excluding carboxylic acids is 2. The van der Waals surface area contributed by atoms with Crippen molar-refractivity contribution in [2.75, 3.05) is 6.29 Å². The molecule has 62 valence electrons. The Morgan fingerprint density at radius 1 is 1.73 bits per heavy atom. The summed E-state index contributed by atoms with van der Waals surface area (Å²) in [7, 11) is 2.15. The third-order valence-corrected chi connectivity index (χ3v) is 1.44. The minimum Gasteiger partial charge on any atom is -0.278 e. The molecule has 0 saturated carbocycles. The topological polar surface area (TPSA) is 37.4 Å². The zero-order chi connectivity index (χ0) is 8.85. The second kappa shape index (κ2) is 4.97. The van der Waals surface area contributed by atoms with Gasteiger partial charge in [0.2, 0.25) is 6.41 Å². The van der Waals surface area contributed by atoms with Crippen LogP contribution in [-0.4, -0.2) is 23.5 Å². The Morgan fingerprint density at radius 2 is 2.27 bits per heavy atom. The Hall–Kier alpha value is -0.760. The van der Waals surface area contributed by atoms with Crippen LogP contribution in [0.4, 0.5) is 4.39 Å². The molecule has 0 aromatic heterocycles. The van der Waals surface area contributed by atoms with E-state index >= 15 is 0 Å². The van der Waals surface area contributed by atoms with Crippen LogP contribution in [0.15, 0.2) is 11.9 Å². The largest absolute Gasteiger partial charge is 0.288 e. The number of halogens is 1. The van der Waals surface area contributed by atoms with Crippen LogP contribution in [0.3, 0.4) is 0 Å². The molecule has 5 heteroatoms.